The highest BCUT2D eigenvalue weighted by atomic mass is 35.5. The molecule has 4 aromatic rings. The minimum absolute atomic E-state index is 0.210. The van der Waals surface area contributed by atoms with E-state index < -0.39 is 12.0 Å². The number of aromatic nitrogens is 1. The number of hydrogen-bond acceptors (Lipinski definition) is 6. The van der Waals surface area contributed by atoms with Gasteiger partial charge in [0.25, 0.3) is 5.56 Å². The molecule has 0 amide bonds. The molecule has 0 saturated heterocycles. The first-order valence-electron chi connectivity index (χ1n) is 11.2. The molecule has 0 saturated carbocycles. The summed E-state index contributed by atoms with van der Waals surface area (Å²) in [6.07, 6.45) is 1.69. The van der Waals surface area contributed by atoms with Gasteiger partial charge in [-0.25, -0.2) is 9.79 Å². The number of fused-ring (bicyclic) bond motifs is 1. The van der Waals surface area contributed by atoms with Gasteiger partial charge in [-0.1, -0.05) is 46.7 Å². The van der Waals surface area contributed by atoms with Crippen molar-refractivity contribution in [1.82, 2.24) is 4.57 Å². The maximum absolute atomic E-state index is 13.6. The lowest BCUT2D eigenvalue weighted by Gasteiger charge is -2.24. The fourth-order valence-corrected chi connectivity index (χ4v) is 5.36. The second-order valence-corrected chi connectivity index (χ2v) is 9.94. The Bertz CT molecular complexity index is 1660. The molecule has 1 atom stereocenters. The fraction of sp³-hybridized carbons (Fsp3) is 0.148. The van der Waals surface area contributed by atoms with Gasteiger partial charge in [-0.3, -0.25) is 9.36 Å². The zero-order valence-corrected chi connectivity index (χ0v) is 21.7. The molecule has 182 valence electrons. The highest BCUT2D eigenvalue weighted by molar-refractivity contribution is 7.07. The number of allylic oxidation sites excluding steroid dienone is 1. The lowest BCUT2D eigenvalue weighted by atomic mass is 9.96. The van der Waals surface area contributed by atoms with Crippen LogP contribution in [0.5, 0.6) is 0 Å². The molecule has 0 spiro atoms. The average Bonchev–Trinajstić information content (AvgIpc) is 3.44. The zero-order chi connectivity index (χ0) is 25.4. The number of benzene rings is 2. The molecule has 0 bridgehead atoms. The van der Waals surface area contributed by atoms with Crippen LogP contribution in [0.25, 0.3) is 17.4 Å². The van der Waals surface area contributed by atoms with Crippen LogP contribution in [0, 0.1) is 0 Å². The van der Waals surface area contributed by atoms with Crippen molar-refractivity contribution in [3.63, 3.8) is 0 Å². The van der Waals surface area contributed by atoms with Gasteiger partial charge in [0.15, 0.2) is 4.80 Å². The van der Waals surface area contributed by atoms with Crippen LogP contribution in [-0.4, -0.2) is 17.1 Å². The van der Waals surface area contributed by atoms with Crippen LogP contribution in [0.3, 0.4) is 0 Å². The SMILES string of the molecule is CCOC(=O)C1=C(C)N=c2s/c(=C\c3ccc(-c4ccc(Cl)cc4)o3)c(=O)n2C1c1ccc(Cl)cc1. The minimum Gasteiger partial charge on any atom is -0.463 e. The molecule has 0 radical (unpaired) electrons. The third kappa shape index (κ3) is 4.57. The summed E-state index contributed by atoms with van der Waals surface area (Å²) in [6, 6.07) is 17.3. The minimum atomic E-state index is -0.694. The molecule has 1 aliphatic heterocycles. The zero-order valence-electron chi connectivity index (χ0n) is 19.3. The number of esters is 1. The molecule has 0 N–H and O–H groups in total. The van der Waals surface area contributed by atoms with E-state index in [1.54, 1.807) is 62.4 Å². The van der Waals surface area contributed by atoms with Gasteiger partial charge in [-0.15, -0.1) is 0 Å². The first kappa shape index (κ1) is 24.3. The Morgan fingerprint density at radius 2 is 1.75 bits per heavy atom. The van der Waals surface area contributed by atoms with E-state index in [9.17, 15) is 9.59 Å². The third-order valence-electron chi connectivity index (χ3n) is 5.73. The van der Waals surface area contributed by atoms with E-state index in [2.05, 4.69) is 4.99 Å². The van der Waals surface area contributed by atoms with Gasteiger partial charge in [0.05, 0.1) is 28.5 Å². The van der Waals surface area contributed by atoms with Crippen molar-refractivity contribution in [1.29, 1.82) is 0 Å². The summed E-state index contributed by atoms with van der Waals surface area (Å²) in [7, 11) is 0. The van der Waals surface area contributed by atoms with Gasteiger partial charge >= 0.3 is 5.97 Å². The molecule has 5 rings (SSSR count). The van der Waals surface area contributed by atoms with Gasteiger partial charge in [-0.05, 0) is 67.9 Å². The smallest absolute Gasteiger partial charge is 0.338 e. The summed E-state index contributed by atoms with van der Waals surface area (Å²) in [5, 5.41) is 1.19. The Balaban J connectivity index is 1.63. The van der Waals surface area contributed by atoms with Crippen molar-refractivity contribution < 1.29 is 13.9 Å². The van der Waals surface area contributed by atoms with E-state index >= 15 is 0 Å². The summed E-state index contributed by atoms with van der Waals surface area (Å²) in [6.45, 7) is 3.70. The van der Waals surface area contributed by atoms with E-state index in [0.717, 1.165) is 11.1 Å². The molecule has 1 aliphatic rings. The van der Waals surface area contributed by atoms with E-state index in [-0.39, 0.29) is 12.2 Å². The first-order valence-corrected chi connectivity index (χ1v) is 12.7. The molecule has 36 heavy (non-hydrogen) atoms. The second-order valence-electron chi connectivity index (χ2n) is 8.06. The quantitative estimate of drug-likeness (QED) is 0.320. The van der Waals surface area contributed by atoms with Crippen LogP contribution in [0.4, 0.5) is 0 Å². The Morgan fingerprint density at radius 3 is 2.42 bits per heavy atom. The lowest BCUT2D eigenvalue weighted by Crippen LogP contribution is -2.39. The number of ether oxygens (including phenoxy) is 1. The highest BCUT2D eigenvalue weighted by Crippen LogP contribution is 2.31. The number of hydrogen-bond donors (Lipinski definition) is 0. The number of furan rings is 1. The molecule has 2 aromatic carbocycles. The first-order chi connectivity index (χ1) is 17.4. The number of halogens is 2. The molecule has 0 fully saturated rings. The van der Waals surface area contributed by atoms with Crippen molar-refractivity contribution in [2.24, 2.45) is 4.99 Å². The molecule has 0 aliphatic carbocycles. The highest BCUT2D eigenvalue weighted by Gasteiger charge is 2.33. The van der Waals surface area contributed by atoms with Gasteiger partial charge in [-0.2, -0.15) is 0 Å². The summed E-state index contributed by atoms with van der Waals surface area (Å²) in [5.41, 5.74) is 2.15. The Kier molecular flexibility index (Phi) is 6.71. The Hall–Kier alpha value is -3.39. The molecular formula is C27H20Cl2N2O4S. The van der Waals surface area contributed by atoms with Crippen molar-refractivity contribution in [3.8, 4) is 11.3 Å². The summed E-state index contributed by atoms with van der Waals surface area (Å²) < 4.78 is 13.2. The maximum Gasteiger partial charge on any atom is 0.338 e. The monoisotopic (exact) mass is 538 g/mol. The average molecular weight is 539 g/mol. The summed E-state index contributed by atoms with van der Waals surface area (Å²) >= 11 is 13.3. The van der Waals surface area contributed by atoms with Crippen LogP contribution in [0.1, 0.15) is 31.2 Å². The number of thiazole rings is 1. The van der Waals surface area contributed by atoms with Crippen molar-refractivity contribution >= 4 is 46.6 Å². The molecule has 6 nitrogen and oxygen atoms in total. The molecular weight excluding hydrogens is 519 g/mol. The number of nitrogens with zero attached hydrogens (tertiary/aromatic N) is 2. The normalized spacial score (nSPS) is 15.6. The van der Waals surface area contributed by atoms with Crippen molar-refractivity contribution in [3.05, 3.63) is 113 Å². The van der Waals surface area contributed by atoms with E-state index in [0.29, 0.717) is 42.2 Å². The van der Waals surface area contributed by atoms with Crippen LogP contribution >= 0.6 is 34.5 Å². The molecule has 9 heteroatoms. The molecule has 3 heterocycles. The van der Waals surface area contributed by atoms with Crippen LogP contribution in [-0.2, 0) is 9.53 Å². The van der Waals surface area contributed by atoms with Crippen molar-refractivity contribution in [2.45, 2.75) is 19.9 Å². The molecule has 2 aromatic heterocycles. The standard InChI is InChI=1S/C27H20Cl2N2O4S/c1-3-34-26(33)23-15(2)30-27-31(24(23)17-6-10-19(29)11-7-17)25(32)22(36-27)14-20-12-13-21(35-20)16-4-8-18(28)9-5-16/h4-14,24H,3H2,1-2H3/b22-14-. The van der Waals surface area contributed by atoms with Gasteiger partial charge in [0.1, 0.15) is 11.5 Å². The number of carbonyl (C=O) groups excluding carboxylic acids is 1. The fourth-order valence-electron chi connectivity index (χ4n) is 4.08. The van der Waals surface area contributed by atoms with Crippen LogP contribution < -0.4 is 14.9 Å². The van der Waals surface area contributed by atoms with Gasteiger partial charge in [0, 0.05) is 21.7 Å². The predicted octanol–water partition coefficient (Wildman–Crippen LogP) is 5.37. The lowest BCUT2D eigenvalue weighted by molar-refractivity contribution is -0.139. The Morgan fingerprint density at radius 1 is 1.08 bits per heavy atom. The largest absolute Gasteiger partial charge is 0.463 e. The maximum atomic E-state index is 13.6. The van der Waals surface area contributed by atoms with Crippen LogP contribution in [0.15, 0.2) is 86.1 Å². The molecule has 1 unspecified atom stereocenters. The summed E-state index contributed by atoms with van der Waals surface area (Å²) in [5.74, 6) is 0.673. The summed E-state index contributed by atoms with van der Waals surface area (Å²) in [4.78, 5) is 31.6. The topological polar surface area (TPSA) is 73.8 Å². The van der Waals surface area contributed by atoms with E-state index in [1.807, 2.05) is 18.2 Å². The third-order valence-corrected chi connectivity index (χ3v) is 7.22. The van der Waals surface area contributed by atoms with E-state index in [4.69, 9.17) is 32.4 Å². The van der Waals surface area contributed by atoms with Gasteiger partial charge < -0.3 is 9.15 Å². The Labute approximate surface area is 220 Å². The van der Waals surface area contributed by atoms with Crippen LogP contribution in [0.2, 0.25) is 10.0 Å². The van der Waals surface area contributed by atoms with E-state index in [1.165, 1.54) is 15.9 Å². The van der Waals surface area contributed by atoms with Gasteiger partial charge in [0.2, 0.25) is 0 Å². The second kappa shape index (κ2) is 9.93. The van der Waals surface area contributed by atoms with Crippen molar-refractivity contribution in [2.75, 3.05) is 6.61 Å². The number of carbonyl (C=O) groups is 1. The predicted molar refractivity (Wildman–Crippen MR) is 141 cm³/mol. The number of rotatable bonds is 5.